The second-order valence-corrected chi connectivity index (χ2v) is 9.10. The molecule has 0 atom stereocenters. The highest BCUT2D eigenvalue weighted by Crippen LogP contribution is 2.35. The Labute approximate surface area is 196 Å². The van der Waals surface area contributed by atoms with Crippen molar-refractivity contribution >= 4 is 44.9 Å². The molecule has 5 rings (SSSR count). The van der Waals surface area contributed by atoms with Gasteiger partial charge in [0.15, 0.2) is 5.16 Å². The molecule has 160 valence electrons. The Bertz CT molecular complexity index is 1460. The van der Waals surface area contributed by atoms with Crippen LogP contribution in [0.4, 0.5) is 0 Å². The van der Waals surface area contributed by atoms with Gasteiger partial charge in [0.2, 0.25) is 0 Å². The highest BCUT2D eigenvalue weighted by atomic mass is 35.5. The second-order valence-electron chi connectivity index (χ2n) is 6.89. The highest BCUT2D eigenvalue weighted by molar-refractivity contribution is 7.98. The summed E-state index contributed by atoms with van der Waals surface area (Å²) in [4.78, 5) is 25.7. The Morgan fingerprint density at radius 3 is 2.75 bits per heavy atom. The quantitative estimate of drug-likeness (QED) is 0.311. The van der Waals surface area contributed by atoms with Crippen molar-refractivity contribution in [2.45, 2.75) is 10.9 Å². The van der Waals surface area contributed by atoms with Crippen molar-refractivity contribution in [2.75, 3.05) is 7.11 Å². The van der Waals surface area contributed by atoms with Gasteiger partial charge in [0, 0.05) is 39.6 Å². The van der Waals surface area contributed by atoms with Crippen LogP contribution >= 0.6 is 34.7 Å². The summed E-state index contributed by atoms with van der Waals surface area (Å²) in [7, 11) is 1.64. The molecule has 0 unspecified atom stereocenters. The fourth-order valence-electron chi connectivity index (χ4n) is 3.41. The van der Waals surface area contributed by atoms with E-state index in [2.05, 4.69) is 15.0 Å². The number of thiophene rings is 1. The van der Waals surface area contributed by atoms with E-state index in [1.54, 1.807) is 13.3 Å². The van der Waals surface area contributed by atoms with Crippen LogP contribution in [0.3, 0.4) is 0 Å². The molecule has 0 saturated carbocycles. The zero-order valence-electron chi connectivity index (χ0n) is 16.9. The van der Waals surface area contributed by atoms with Gasteiger partial charge >= 0.3 is 0 Å². The molecule has 0 aliphatic heterocycles. The van der Waals surface area contributed by atoms with E-state index in [0.717, 1.165) is 27.7 Å². The molecule has 3 heterocycles. The maximum absolute atomic E-state index is 12.9. The summed E-state index contributed by atoms with van der Waals surface area (Å²) in [6.45, 7) is 0. The lowest BCUT2D eigenvalue weighted by Gasteiger charge is -2.08. The van der Waals surface area contributed by atoms with E-state index in [1.807, 2.05) is 64.7 Å². The van der Waals surface area contributed by atoms with E-state index >= 15 is 0 Å². The summed E-state index contributed by atoms with van der Waals surface area (Å²) >= 11 is 9.29. The normalized spacial score (nSPS) is 11.2. The summed E-state index contributed by atoms with van der Waals surface area (Å²) in [6, 6.07) is 15.3. The van der Waals surface area contributed by atoms with Gasteiger partial charge in [-0.25, -0.2) is 9.97 Å². The van der Waals surface area contributed by atoms with Crippen LogP contribution < -0.4 is 10.3 Å². The number of nitrogens with one attached hydrogen (secondary N) is 1. The van der Waals surface area contributed by atoms with Crippen LogP contribution in [0.2, 0.25) is 5.02 Å². The minimum atomic E-state index is -0.166. The number of nitrogens with zero attached hydrogens (tertiary/aromatic N) is 3. The molecule has 5 aromatic rings. The molecule has 9 heteroatoms. The highest BCUT2D eigenvalue weighted by Gasteiger charge is 2.15. The van der Waals surface area contributed by atoms with E-state index < -0.39 is 0 Å². The van der Waals surface area contributed by atoms with Crippen molar-refractivity contribution in [3.63, 3.8) is 0 Å². The largest absolute Gasteiger partial charge is 0.497 e. The molecule has 0 aliphatic rings. The number of ether oxygens (including phenoxy) is 1. The number of imidazole rings is 1. The SMILES string of the molecule is COc1ccc(-n2ccnc2SCc2nc3scc(-c4ccccc4Cl)c3c(=O)[nH]2)cc1. The monoisotopic (exact) mass is 480 g/mol. The second kappa shape index (κ2) is 8.82. The number of thioether (sulfide) groups is 1. The average Bonchev–Trinajstić information content (AvgIpc) is 3.45. The molecule has 0 amide bonds. The van der Waals surface area contributed by atoms with Crippen LogP contribution in [0.1, 0.15) is 5.82 Å². The first-order valence-corrected chi connectivity index (χ1v) is 11.9. The van der Waals surface area contributed by atoms with Gasteiger partial charge in [-0.3, -0.25) is 9.36 Å². The fourth-order valence-corrected chi connectivity index (χ4v) is 5.45. The summed E-state index contributed by atoms with van der Waals surface area (Å²) in [5.74, 6) is 1.88. The third kappa shape index (κ3) is 3.92. The zero-order valence-corrected chi connectivity index (χ0v) is 19.3. The summed E-state index contributed by atoms with van der Waals surface area (Å²) in [5, 5.41) is 3.91. The maximum atomic E-state index is 12.9. The Balaban J connectivity index is 1.41. The molecule has 0 fully saturated rings. The zero-order chi connectivity index (χ0) is 22.1. The van der Waals surface area contributed by atoms with Crippen LogP contribution in [-0.4, -0.2) is 26.6 Å². The predicted molar refractivity (Wildman–Crippen MR) is 130 cm³/mol. The molecule has 2 aromatic carbocycles. The molecule has 32 heavy (non-hydrogen) atoms. The number of H-pyrrole nitrogens is 1. The van der Waals surface area contributed by atoms with Crippen LogP contribution in [0.15, 0.2) is 76.3 Å². The van der Waals surface area contributed by atoms with Gasteiger partial charge in [-0.05, 0) is 30.3 Å². The van der Waals surface area contributed by atoms with Gasteiger partial charge in [0.25, 0.3) is 5.56 Å². The van der Waals surface area contributed by atoms with E-state index in [9.17, 15) is 4.79 Å². The van der Waals surface area contributed by atoms with Crippen molar-refractivity contribution < 1.29 is 4.74 Å². The van der Waals surface area contributed by atoms with Gasteiger partial charge in [-0.1, -0.05) is 41.6 Å². The lowest BCUT2D eigenvalue weighted by Crippen LogP contribution is -2.11. The Morgan fingerprint density at radius 1 is 1.16 bits per heavy atom. The summed E-state index contributed by atoms with van der Waals surface area (Å²) in [6.07, 6.45) is 3.65. The number of rotatable bonds is 6. The third-order valence-corrected chi connectivity index (χ3v) is 7.13. The van der Waals surface area contributed by atoms with Crippen molar-refractivity contribution in [1.29, 1.82) is 0 Å². The average molecular weight is 481 g/mol. The number of fused-ring (bicyclic) bond motifs is 1. The smallest absolute Gasteiger partial charge is 0.260 e. The molecular formula is C23H17ClN4O2S2. The molecule has 0 spiro atoms. The first-order valence-electron chi connectivity index (χ1n) is 9.70. The summed E-state index contributed by atoms with van der Waals surface area (Å²) < 4.78 is 7.21. The molecule has 0 saturated heterocycles. The van der Waals surface area contributed by atoms with Crippen LogP contribution in [0.5, 0.6) is 5.75 Å². The van der Waals surface area contributed by atoms with Crippen molar-refractivity contribution in [1.82, 2.24) is 19.5 Å². The Kier molecular flexibility index (Phi) is 5.73. The van der Waals surface area contributed by atoms with E-state index in [0.29, 0.717) is 26.8 Å². The number of hydrogen-bond donors (Lipinski definition) is 1. The van der Waals surface area contributed by atoms with Gasteiger partial charge in [-0.2, -0.15) is 0 Å². The maximum Gasteiger partial charge on any atom is 0.260 e. The summed E-state index contributed by atoms with van der Waals surface area (Å²) in [5.41, 5.74) is 2.44. The number of benzene rings is 2. The molecule has 3 aromatic heterocycles. The van der Waals surface area contributed by atoms with Crippen molar-refractivity contribution in [2.24, 2.45) is 0 Å². The molecule has 0 bridgehead atoms. The first-order chi connectivity index (χ1) is 15.6. The molecule has 1 N–H and O–H groups in total. The molecule has 6 nitrogen and oxygen atoms in total. The Hall–Kier alpha value is -3.07. The minimum absolute atomic E-state index is 0.166. The third-order valence-electron chi connectivity index (χ3n) is 4.95. The standard InChI is InChI=1S/C23H17ClN4O2S2/c1-30-15-8-6-14(7-9-15)28-11-10-25-23(28)32-13-19-26-21(29)20-17(12-31-22(20)27-19)16-4-2-3-5-18(16)24/h2-12H,13H2,1H3,(H,26,27,29). The van der Waals surface area contributed by atoms with Gasteiger partial charge in [0.05, 0.1) is 18.2 Å². The number of aromatic nitrogens is 4. The minimum Gasteiger partial charge on any atom is -0.497 e. The number of halogens is 1. The van der Waals surface area contributed by atoms with Crippen LogP contribution in [-0.2, 0) is 5.75 Å². The van der Waals surface area contributed by atoms with Crippen LogP contribution in [0, 0.1) is 0 Å². The predicted octanol–water partition coefficient (Wildman–Crippen LogP) is 5.79. The number of methoxy groups -OCH3 is 1. The van der Waals surface area contributed by atoms with Gasteiger partial charge < -0.3 is 9.72 Å². The Morgan fingerprint density at radius 2 is 1.97 bits per heavy atom. The van der Waals surface area contributed by atoms with Gasteiger partial charge in [0.1, 0.15) is 16.4 Å². The molecule has 0 radical (unpaired) electrons. The lowest BCUT2D eigenvalue weighted by molar-refractivity contribution is 0.414. The van der Waals surface area contributed by atoms with E-state index in [4.69, 9.17) is 16.3 Å². The fraction of sp³-hybridized carbons (Fsp3) is 0.0870. The first kappa shape index (κ1) is 20.8. The number of hydrogen-bond acceptors (Lipinski definition) is 6. The van der Waals surface area contributed by atoms with Crippen molar-refractivity contribution in [3.05, 3.63) is 87.5 Å². The lowest BCUT2D eigenvalue weighted by atomic mass is 10.1. The van der Waals surface area contributed by atoms with Crippen LogP contribution in [0.25, 0.3) is 27.0 Å². The number of aromatic amines is 1. The topological polar surface area (TPSA) is 72.8 Å². The van der Waals surface area contributed by atoms with Crippen molar-refractivity contribution in [3.8, 4) is 22.6 Å². The molecular weight excluding hydrogens is 464 g/mol. The van der Waals surface area contributed by atoms with Gasteiger partial charge in [-0.15, -0.1) is 11.3 Å². The van der Waals surface area contributed by atoms with E-state index in [-0.39, 0.29) is 5.56 Å². The molecule has 0 aliphatic carbocycles. The van der Waals surface area contributed by atoms with E-state index in [1.165, 1.54) is 23.1 Å².